The van der Waals surface area contributed by atoms with Crippen molar-refractivity contribution in [1.29, 1.82) is 0 Å². The van der Waals surface area contributed by atoms with E-state index < -0.39 is 0 Å². The molecule has 0 unspecified atom stereocenters. The van der Waals surface area contributed by atoms with Gasteiger partial charge in [-0.2, -0.15) is 0 Å². The number of H-pyrrole nitrogens is 1. The van der Waals surface area contributed by atoms with Crippen molar-refractivity contribution >= 4 is 12.1 Å². The van der Waals surface area contributed by atoms with Crippen LogP contribution in [0, 0.1) is 0 Å². The maximum Gasteiger partial charge on any atom is 0.178 e. The minimum absolute atomic E-state index is 0.0769. The van der Waals surface area contributed by atoms with Crippen molar-refractivity contribution in [2.45, 2.75) is 6.54 Å². The molecule has 0 atom stereocenters. The third-order valence-electron chi connectivity index (χ3n) is 2.19. The first-order valence-electron chi connectivity index (χ1n) is 4.09. The molecule has 13 heavy (non-hydrogen) atoms. The van der Waals surface area contributed by atoms with Gasteiger partial charge in [0.25, 0.3) is 0 Å². The zero-order chi connectivity index (χ0) is 9.42. The van der Waals surface area contributed by atoms with Crippen LogP contribution >= 0.6 is 0 Å². The van der Waals surface area contributed by atoms with Gasteiger partial charge in [0.05, 0.1) is 12.2 Å². The van der Waals surface area contributed by atoms with Crippen LogP contribution in [0.5, 0.6) is 0 Å². The second kappa shape index (κ2) is 2.81. The van der Waals surface area contributed by atoms with Crippen LogP contribution in [-0.4, -0.2) is 35.5 Å². The maximum atomic E-state index is 11.4. The average molecular weight is 178 g/mol. The highest BCUT2D eigenvalue weighted by Gasteiger charge is 2.22. The Morgan fingerprint density at radius 2 is 2.31 bits per heavy atom. The lowest BCUT2D eigenvalue weighted by atomic mass is 10.1. The largest absolute Gasteiger partial charge is 0.355 e. The Kier molecular flexibility index (Phi) is 1.77. The lowest BCUT2D eigenvalue weighted by Crippen LogP contribution is -2.31. The molecule has 1 N–H and O–H groups in total. The van der Waals surface area contributed by atoms with Crippen LogP contribution in [0.4, 0.5) is 0 Å². The van der Waals surface area contributed by atoms with E-state index >= 15 is 0 Å². The molecule has 1 aromatic rings. The van der Waals surface area contributed by atoms with Crippen molar-refractivity contribution in [2.24, 2.45) is 0 Å². The quantitative estimate of drug-likeness (QED) is 0.635. The summed E-state index contributed by atoms with van der Waals surface area (Å²) >= 11 is 0. The van der Waals surface area contributed by atoms with Crippen LogP contribution in [0.15, 0.2) is 6.07 Å². The predicted octanol–water partition coefficient (Wildman–Crippen LogP) is 0.455. The first-order chi connectivity index (χ1) is 6.20. The number of hydrogen-bond donors (Lipinski definition) is 1. The van der Waals surface area contributed by atoms with Crippen LogP contribution in [0.2, 0.25) is 0 Å². The second-order valence-corrected chi connectivity index (χ2v) is 3.33. The minimum Gasteiger partial charge on any atom is -0.355 e. The van der Waals surface area contributed by atoms with Gasteiger partial charge in [0.1, 0.15) is 0 Å². The Hall–Kier alpha value is -1.42. The molecule has 0 saturated carbocycles. The van der Waals surface area contributed by atoms with E-state index in [0.717, 1.165) is 12.0 Å². The molecule has 1 aliphatic rings. The highest BCUT2D eigenvalue weighted by molar-refractivity contribution is 6.00. The molecule has 0 spiro atoms. The molecule has 1 aliphatic heterocycles. The summed E-state index contributed by atoms with van der Waals surface area (Å²) in [6.07, 6.45) is 0.728. The molecule has 2 heterocycles. The molecule has 4 heteroatoms. The first kappa shape index (κ1) is 8.19. The number of aromatic nitrogens is 1. The summed E-state index contributed by atoms with van der Waals surface area (Å²) in [4.78, 5) is 26.7. The van der Waals surface area contributed by atoms with E-state index in [1.165, 1.54) is 0 Å². The number of carbonyl (C=O) groups is 2. The van der Waals surface area contributed by atoms with Crippen molar-refractivity contribution in [1.82, 2.24) is 9.88 Å². The van der Waals surface area contributed by atoms with Crippen LogP contribution in [0.1, 0.15) is 26.5 Å². The van der Waals surface area contributed by atoms with Gasteiger partial charge in [0, 0.05) is 17.8 Å². The lowest BCUT2D eigenvalue weighted by molar-refractivity contribution is 0.0922. The number of fused-ring (bicyclic) bond motifs is 1. The number of Topliss-reactive ketones (excluding diaryl/α,β-unsaturated/α-hetero) is 1. The van der Waals surface area contributed by atoms with E-state index in [2.05, 4.69) is 4.98 Å². The molecule has 2 rings (SSSR count). The summed E-state index contributed by atoms with van der Waals surface area (Å²) in [5.41, 5.74) is 2.00. The van der Waals surface area contributed by atoms with Crippen LogP contribution in [0.3, 0.4) is 0 Å². The number of nitrogens with zero attached hydrogens (tertiary/aromatic N) is 1. The van der Waals surface area contributed by atoms with E-state index in [0.29, 0.717) is 24.3 Å². The van der Waals surface area contributed by atoms with Crippen molar-refractivity contribution in [3.63, 3.8) is 0 Å². The number of carbonyl (C=O) groups excluding carboxylic acids is 2. The number of nitrogens with one attached hydrogen (secondary N) is 1. The smallest absolute Gasteiger partial charge is 0.178 e. The van der Waals surface area contributed by atoms with Gasteiger partial charge < -0.3 is 4.98 Å². The van der Waals surface area contributed by atoms with Crippen LogP contribution in [0.25, 0.3) is 0 Å². The summed E-state index contributed by atoms with van der Waals surface area (Å²) < 4.78 is 0. The first-order valence-corrected chi connectivity index (χ1v) is 4.09. The standard InChI is InChI=1S/C9H10N2O2/c1-11-3-8-7(9(13)4-11)2-6(5-12)10-8/h2,5,10H,3-4H2,1H3. The van der Waals surface area contributed by atoms with E-state index in [1.807, 2.05) is 11.9 Å². The topological polar surface area (TPSA) is 53.2 Å². The molecule has 4 nitrogen and oxygen atoms in total. The van der Waals surface area contributed by atoms with Crippen LogP contribution in [-0.2, 0) is 6.54 Å². The number of aldehydes is 1. The molecular weight excluding hydrogens is 168 g/mol. The van der Waals surface area contributed by atoms with E-state index in [9.17, 15) is 9.59 Å². The Labute approximate surface area is 75.5 Å². The molecule has 1 aromatic heterocycles. The van der Waals surface area contributed by atoms with Gasteiger partial charge in [-0.05, 0) is 13.1 Å². The molecule has 0 bridgehead atoms. The third-order valence-corrected chi connectivity index (χ3v) is 2.19. The Balaban J connectivity index is 2.46. The van der Waals surface area contributed by atoms with Crippen molar-refractivity contribution in [2.75, 3.05) is 13.6 Å². The summed E-state index contributed by atoms with van der Waals surface area (Å²) in [6.45, 7) is 1.14. The molecule has 0 fully saturated rings. The molecule has 68 valence electrons. The Morgan fingerprint density at radius 3 is 3.00 bits per heavy atom. The van der Waals surface area contributed by atoms with Gasteiger partial charge >= 0.3 is 0 Å². The van der Waals surface area contributed by atoms with E-state index in [-0.39, 0.29) is 5.78 Å². The molecule has 0 radical (unpaired) electrons. The Bertz CT molecular complexity index is 368. The predicted molar refractivity (Wildman–Crippen MR) is 46.8 cm³/mol. The number of aromatic amines is 1. The average Bonchev–Trinajstić information content (AvgIpc) is 2.47. The minimum atomic E-state index is 0.0769. The van der Waals surface area contributed by atoms with Crippen molar-refractivity contribution in [3.05, 3.63) is 23.0 Å². The number of ketones is 1. The highest BCUT2D eigenvalue weighted by Crippen LogP contribution is 2.17. The van der Waals surface area contributed by atoms with Gasteiger partial charge in [-0.15, -0.1) is 0 Å². The highest BCUT2D eigenvalue weighted by atomic mass is 16.1. The van der Waals surface area contributed by atoms with Gasteiger partial charge in [-0.25, -0.2) is 0 Å². The van der Waals surface area contributed by atoms with E-state index in [4.69, 9.17) is 0 Å². The Morgan fingerprint density at radius 1 is 1.54 bits per heavy atom. The van der Waals surface area contributed by atoms with Gasteiger partial charge in [0.2, 0.25) is 0 Å². The number of likely N-dealkylation sites (N-methyl/N-ethyl adjacent to an activating group) is 1. The zero-order valence-corrected chi connectivity index (χ0v) is 7.33. The summed E-state index contributed by atoms with van der Waals surface area (Å²) in [6, 6.07) is 1.62. The van der Waals surface area contributed by atoms with Crippen molar-refractivity contribution in [3.8, 4) is 0 Å². The van der Waals surface area contributed by atoms with Crippen LogP contribution < -0.4 is 0 Å². The molecule has 0 saturated heterocycles. The summed E-state index contributed by atoms with van der Waals surface area (Å²) in [5, 5.41) is 0. The fraction of sp³-hybridized carbons (Fsp3) is 0.333. The van der Waals surface area contributed by atoms with Gasteiger partial charge in [-0.1, -0.05) is 0 Å². The molecular formula is C9H10N2O2. The fourth-order valence-corrected chi connectivity index (χ4v) is 1.61. The lowest BCUT2D eigenvalue weighted by Gasteiger charge is -2.20. The normalized spacial score (nSPS) is 17.2. The second-order valence-electron chi connectivity index (χ2n) is 3.33. The number of hydrogen-bond acceptors (Lipinski definition) is 3. The zero-order valence-electron chi connectivity index (χ0n) is 7.33. The van der Waals surface area contributed by atoms with Crippen molar-refractivity contribution < 1.29 is 9.59 Å². The fourth-order valence-electron chi connectivity index (χ4n) is 1.61. The molecule has 0 amide bonds. The third kappa shape index (κ3) is 1.29. The summed E-state index contributed by atoms with van der Waals surface area (Å²) in [5.74, 6) is 0.0769. The number of rotatable bonds is 1. The van der Waals surface area contributed by atoms with Gasteiger partial charge in [0.15, 0.2) is 12.1 Å². The molecule has 0 aromatic carbocycles. The summed E-state index contributed by atoms with van der Waals surface area (Å²) in [7, 11) is 1.88. The maximum absolute atomic E-state index is 11.4. The molecule has 0 aliphatic carbocycles. The van der Waals surface area contributed by atoms with E-state index in [1.54, 1.807) is 6.07 Å². The SMILES string of the molecule is CN1CC(=O)c2cc(C=O)[nH]c2C1. The van der Waals surface area contributed by atoms with Gasteiger partial charge in [-0.3, -0.25) is 14.5 Å². The monoisotopic (exact) mass is 178 g/mol.